The highest BCUT2D eigenvalue weighted by Gasteiger charge is 2.37. The molecule has 0 bridgehead atoms. The maximum Gasteiger partial charge on any atom is 0.266 e. The number of hydrogen-bond donors (Lipinski definition) is 1. The molecule has 22 heavy (non-hydrogen) atoms. The maximum atomic E-state index is 12.5. The van der Waals surface area contributed by atoms with Crippen LogP contribution in [0.5, 0.6) is 0 Å². The molecular weight excluding hydrogens is 302 g/mol. The summed E-state index contributed by atoms with van der Waals surface area (Å²) in [5.41, 5.74) is 1.42. The van der Waals surface area contributed by atoms with Crippen LogP contribution >= 0.6 is 0 Å². The summed E-state index contributed by atoms with van der Waals surface area (Å²) in [6, 6.07) is 9.13. The molecule has 2 aliphatic heterocycles. The Morgan fingerprint density at radius 1 is 1.32 bits per heavy atom. The minimum atomic E-state index is -2.93. The highest BCUT2D eigenvalue weighted by molar-refractivity contribution is 7.91. The standard InChI is InChI=1S/C15H17N3O3S/c1-11-14(9-16-12-7-8-22(20,21)10-12)15(19)18(17-11)13-5-3-2-4-6-13/h2-6,9,12,14H,7-8,10H2,1H3/p+1/t12-,14+/m0/s1. The number of hydrazone groups is 1. The summed E-state index contributed by atoms with van der Waals surface area (Å²) in [6.45, 7) is 1.80. The van der Waals surface area contributed by atoms with Gasteiger partial charge >= 0.3 is 0 Å². The fourth-order valence-corrected chi connectivity index (χ4v) is 4.37. The van der Waals surface area contributed by atoms with Crippen LogP contribution in [0.25, 0.3) is 0 Å². The molecule has 1 aromatic rings. The van der Waals surface area contributed by atoms with E-state index in [0.29, 0.717) is 12.1 Å². The molecule has 0 spiro atoms. The van der Waals surface area contributed by atoms with Crippen molar-refractivity contribution in [1.82, 2.24) is 0 Å². The van der Waals surface area contributed by atoms with Crippen molar-refractivity contribution in [1.29, 1.82) is 0 Å². The van der Waals surface area contributed by atoms with Crippen LogP contribution in [-0.2, 0) is 14.6 Å². The molecule has 0 radical (unpaired) electrons. The minimum absolute atomic E-state index is 0.114. The SMILES string of the molecule is CC1=NN(c2ccccc2)C(=O)[C@@H]1C=[NH+][C@H]1CCS(=O)(=O)C1. The Hall–Kier alpha value is -2.02. The van der Waals surface area contributed by atoms with Gasteiger partial charge in [-0.05, 0) is 19.1 Å². The molecule has 1 N–H and O–H groups in total. The van der Waals surface area contributed by atoms with Crippen molar-refractivity contribution in [2.45, 2.75) is 19.4 Å². The molecule has 0 unspecified atom stereocenters. The van der Waals surface area contributed by atoms with Crippen LogP contribution in [0.1, 0.15) is 13.3 Å². The zero-order valence-corrected chi connectivity index (χ0v) is 13.1. The summed E-state index contributed by atoms with van der Waals surface area (Å²) >= 11 is 0. The summed E-state index contributed by atoms with van der Waals surface area (Å²) in [6.07, 6.45) is 2.26. The number of benzene rings is 1. The van der Waals surface area contributed by atoms with E-state index in [4.69, 9.17) is 0 Å². The average Bonchev–Trinajstić information content (AvgIpc) is 2.98. The number of para-hydroxylation sites is 1. The molecule has 0 aromatic heterocycles. The summed E-state index contributed by atoms with van der Waals surface area (Å²) in [4.78, 5) is 15.5. The van der Waals surface area contributed by atoms with Crippen molar-refractivity contribution >= 4 is 33.4 Å². The molecule has 1 fully saturated rings. The van der Waals surface area contributed by atoms with Crippen LogP contribution < -0.4 is 10.0 Å². The average molecular weight is 320 g/mol. The maximum absolute atomic E-state index is 12.5. The third-order valence-corrected chi connectivity index (χ3v) is 5.68. The monoisotopic (exact) mass is 320 g/mol. The highest BCUT2D eigenvalue weighted by atomic mass is 32.2. The van der Waals surface area contributed by atoms with Crippen molar-refractivity contribution < 1.29 is 18.2 Å². The number of amides is 1. The van der Waals surface area contributed by atoms with E-state index in [-0.39, 0.29) is 23.5 Å². The van der Waals surface area contributed by atoms with Crippen LogP contribution in [0.3, 0.4) is 0 Å². The van der Waals surface area contributed by atoms with E-state index in [1.54, 1.807) is 13.1 Å². The predicted octanol–water partition coefficient (Wildman–Crippen LogP) is -0.636. The Labute approximate surface area is 129 Å². The Bertz CT molecular complexity index is 741. The van der Waals surface area contributed by atoms with Crippen LogP contribution in [0.15, 0.2) is 35.4 Å². The van der Waals surface area contributed by atoms with Crippen LogP contribution in [0.4, 0.5) is 5.69 Å². The van der Waals surface area contributed by atoms with Gasteiger partial charge in [0, 0.05) is 6.42 Å². The molecule has 1 amide bonds. The molecule has 1 saturated heterocycles. The zero-order chi connectivity index (χ0) is 15.7. The third-order valence-electron chi connectivity index (χ3n) is 3.91. The lowest BCUT2D eigenvalue weighted by Crippen LogP contribution is -2.78. The van der Waals surface area contributed by atoms with Gasteiger partial charge < -0.3 is 0 Å². The van der Waals surface area contributed by atoms with Crippen molar-refractivity contribution in [3.8, 4) is 0 Å². The quantitative estimate of drug-likeness (QED) is 0.753. The first-order chi connectivity index (χ1) is 10.5. The van der Waals surface area contributed by atoms with Gasteiger partial charge in [0.25, 0.3) is 5.91 Å². The summed E-state index contributed by atoms with van der Waals surface area (Å²) in [5.74, 6) is -0.246. The van der Waals surface area contributed by atoms with E-state index in [9.17, 15) is 13.2 Å². The summed E-state index contributed by atoms with van der Waals surface area (Å²) in [5, 5.41) is 5.70. The van der Waals surface area contributed by atoms with E-state index < -0.39 is 15.8 Å². The second-order valence-corrected chi connectivity index (χ2v) is 7.87. The van der Waals surface area contributed by atoms with E-state index >= 15 is 0 Å². The van der Waals surface area contributed by atoms with Crippen LogP contribution in [0, 0.1) is 5.92 Å². The summed E-state index contributed by atoms with van der Waals surface area (Å²) in [7, 11) is -2.93. The van der Waals surface area contributed by atoms with Crippen molar-refractivity contribution in [3.05, 3.63) is 30.3 Å². The molecule has 7 heteroatoms. The Kier molecular flexibility index (Phi) is 3.82. The molecule has 3 rings (SSSR count). The molecule has 1 aromatic carbocycles. The van der Waals surface area contributed by atoms with E-state index in [1.807, 2.05) is 30.3 Å². The van der Waals surface area contributed by atoms with Gasteiger partial charge in [0.2, 0.25) is 0 Å². The Morgan fingerprint density at radius 3 is 2.68 bits per heavy atom. The largest absolute Gasteiger partial charge is 0.271 e. The van der Waals surface area contributed by atoms with Gasteiger partial charge in [-0.15, -0.1) is 0 Å². The van der Waals surface area contributed by atoms with Gasteiger partial charge in [0.05, 0.1) is 17.2 Å². The highest BCUT2D eigenvalue weighted by Crippen LogP contribution is 2.22. The molecule has 2 aliphatic rings. The lowest BCUT2D eigenvalue weighted by Gasteiger charge is -2.11. The zero-order valence-electron chi connectivity index (χ0n) is 12.3. The number of carbonyl (C=O) groups excluding carboxylic acids is 1. The van der Waals surface area contributed by atoms with E-state index in [2.05, 4.69) is 10.1 Å². The van der Waals surface area contributed by atoms with Gasteiger partial charge in [-0.2, -0.15) is 10.1 Å². The lowest BCUT2D eigenvalue weighted by atomic mass is 10.1. The summed E-state index contributed by atoms with van der Waals surface area (Å²) < 4.78 is 22.9. The van der Waals surface area contributed by atoms with E-state index in [1.165, 1.54) is 5.01 Å². The number of hydrogen-bond acceptors (Lipinski definition) is 4. The number of carbonyl (C=O) groups is 1. The fraction of sp³-hybridized carbons (Fsp3) is 0.400. The van der Waals surface area contributed by atoms with Gasteiger partial charge in [-0.25, -0.2) is 13.4 Å². The first kappa shape index (κ1) is 14.9. The van der Waals surface area contributed by atoms with Crippen molar-refractivity contribution in [3.63, 3.8) is 0 Å². The number of rotatable bonds is 3. The van der Waals surface area contributed by atoms with Crippen molar-refractivity contribution in [2.24, 2.45) is 11.0 Å². The topological polar surface area (TPSA) is 80.8 Å². The number of nitrogens with one attached hydrogen (secondary N) is 1. The third kappa shape index (κ3) is 2.94. The fourth-order valence-electron chi connectivity index (χ4n) is 2.68. The molecule has 0 aliphatic carbocycles. The molecule has 0 saturated carbocycles. The predicted molar refractivity (Wildman–Crippen MR) is 84.6 cm³/mol. The van der Waals surface area contributed by atoms with Crippen molar-refractivity contribution in [2.75, 3.05) is 16.5 Å². The van der Waals surface area contributed by atoms with Gasteiger partial charge in [0.1, 0.15) is 5.75 Å². The minimum Gasteiger partial charge on any atom is -0.271 e. The van der Waals surface area contributed by atoms with E-state index in [0.717, 1.165) is 5.69 Å². The molecule has 2 heterocycles. The number of nitrogens with zero attached hydrogens (tertiary/aromatic N) is 2. The molecule has 6 nitrogen and oxygen atoms in total. The van der Waals surface area contributed by atoms with Crippen LogP contribution in [-0.4, -0.2) is 43.8 Å². The lowest BCUT2D eigenvalue weighted by molar-refractivity contribution is -0.492. The smallest absolute Gasteiger partial charge is 0.266 e. The van der Waals surface area contributed by atoms with Gasteiger partial charge in [-0.3, -0.25) is 4.79 Å². The second-order valence-electron chi connectivity index (χ2n) is 5.64. The van der Waals surface area contributed by atoms with Crippen LogP contribution in [0.2, 0.25) is 0 Å². The molecule has 116 valence electrons. The Balaban J connectivity index is 1.74. The number of anilines is 1. The first-order valence-corrected chi connectivity index (χ1v) is 9.02. The normalized spacial score (nSPS) is 27.6. The number of sulfone groups is 1. The Morgan fingerprint density at radius 2 is 2.05 bits per heavy atom. The van der Waals surface area contributed by atoms with Gasteiger partial charge in [0.15, 0.2) is 28.0 Å². The van der Waals surface area contributed by atoms with Gasteiger partial charge in [-0.1, -0.05) is 18.2 Å². The first-order valence-electron chi connectivity index (χ1n) is 7.20. The molecular formula is C15H18N3O3S+. The second kappa shape index (κ2) is 5.64. The molecule has 2 atom stereocenters.